The quantitative estimate of drug-likeness (QED) is 0.840. The number of aldehydes is 1. The molecule has 0 saturated carbocycles. The maximum atomic E-state index is 11.5. The van der Waals surface area contributed by atoms with E-state index in [-0.39, 0.29) is 5.91 Å². The van der Waals surface area contributed by atoms with Gasteiger partial charge < -0.3 is 10.6 Å². The lowest BCUT2D eigenvalue weighted by Gasteiger charge is -2.21. The van der Waals surface area contributed by atoms with Crippen molar-refractivity contribution < 1.29 is 9.59 Å². The van der Waals surface area contributed by atoms with Gasteiger partial charge in [0.05, 0.1) is 5.41 Å². The van der Waals surface area contributed by atoms with Gasteiger partial charge in [-0.3, -0.25) is 14.0 Å². The first-order valence-corrected chi connectivity index (χ1v) is 6.52. The molecule has 1 aliphatic heterocycles. The number of nitrogens with two attached hydrogens (primary N) is 1. The monoisotopic (exact) mass is 272 g/mol. The Hall–Kier alpha value is -2.37. The van der Waals surface area contributed by atoms with Gasteiger partial charge in [0.1, 0.15) is 11.3 Å². The molecule has 1 fully saturated rings. The Kier molecular flexibility index (Phi) is 2.74. The number of imidazole rings is 1. The summed E-state index contributed by atoms with van der Waals surface area (Å²) in [5, 5.41) is 0. The minimum absolute atomic E-state index is 0.309. The van der Waals surface area contributed by atoms with Gasteiger partial charge in [0.25, 0.3) is 0 Å². The Morgan fingerprint density at radius 1 is 1.50 bits per heavy atom. The fraction of sp³-hybridized carbons (Fsp3) is 0.357. The molecule has 0 aliphatic carbocycles. The van der Waals surface area contributed by atoms with Gasteiger partial charge in [0, 0.05) is 19.3 Å². The van der Waals surface area contributed by atoms with Crippen LogP contribution in [0, 0.1) is 5.41 Å². The second kappa shape index (κ2) is 4.33. The van der Waals surface area contributed by atoms with Gasteiger partial charge in [-0.25, -0.2) is 4.98 Å². The largest absolute Gasteiger partial charge is 0.369 e. The van der Waals surface area contributed by atoms with Crippen molar-refractivity contribution in [1.29, 1.82) is 0 Å². The fourth-order valence-corrected chi connectivity index (χ4v) is 2.69. The number of hydrogen-bond acceptors (Lipinski definition) is 4. The molecule has 1 saturated heterocycles. The van der Waals surface area contributed by atoms with Crippen LogP contribution in [0.4, 0.5) is 5.82 Å². The van der Waals surface area contributed by atoms with Gasteiger partial charge >= 0.3 is 0 Å². The standard InChI is InChI=1S/C14H16N4O2/c1-14(13(15)20)5-7-17(9-14)12-10(8-19)18-6-3-2-4-11(18)16-12/h2-4,6,8H,5,7,9H2,1H3,(H2,15,20). The lowest BCUT2D eigenvalue weighted by Crippen LogP contribution is -2.37. The van der Waals surface area contributed by atoms with E-state index in [2.05, 4.69) is 4.98 Å². The molecule has 3 rings (SSSR count). The fourth-order valence-electron chi connectivity index (χ4n) is 2.69. The number of amides is 1. The van der Waals surface area contributed by atoms with E-state index in [1.165, 1.54) is 0 Å². The van der Waals surface area contributed by atoms with E-state index in [0.29, 0.717) is 31.0 Å². The Labute approximate surface area is 116 Å². The van der Waals surface area contributed by atoms with Gasteiger partial charge in [-0.1, -0.05) is 6.07 Å². The van der Waals surface area contributed by atoms with E-state index in [4.69, 9.17) is 5.73 Å². The minimum Gasteiger partial charge on any atom is -0.369 e. The number of primary amides is 1. The van der Waals surface area contributed by atoms with Crippen molar-refractivity contribution in [2.24, 2.45) is 11.1 Å². The number of hydrogen-bond donors (Lipinski definition) is 1. The van der Waals surface area contributed by atoms with Gasteiger partial charge in [-0.2, -0.15) is 0 Å². The van der Waals surface area contributed by atoms with Crippen LogP contribution >= 0.6 is 0 Å². The number of rotatable bonds is 3. The van der Waals surface area contributed by atoms with Crippen molar-refractivity contribution in [2.75, 3.05) is 18.0 Å². The average Bonchev–Trinajstić information content (AvgIpc) is 3.00. The molecule has 2 N–H and O–H groups in total. The highest BCUT2D eigenvalue weighted by Crippen LogP contribution is 2.33. The van der Waals surface area contributed by atoms with E-state index in [1.54, 1.807) is 10.6 Å². The molecule has 104 valence electrons. The minimum atomic E-state index is -0.560. The predicted octanol–water partition coefficient (Wildman–Crippen LogP) is 0.848. The van der Waals surface area contributed by atoms with E-state index in [9.17, 15) is 9.59 Å². The average molecular weight is 272 g/mol. The lowest BCUT2D eigenvalue weighted by atomic mass is 9.89. The SMILES string of the molecule is CC1(C(N)=O)CCN(c2nc3ccccn3c2C=O)C1. The smallest absolute Gasteiger partial charge is 0.225 e. The van der Waals surface area contributed by atoms with E-state index < -0.39 is 5.41 Å². The molecular weight excluding hydrogens is 256 g/mol. The Bertz CT molecular complexity index is 694. The van der Waals surface area contributed by atoms with Crippen LogP contribution in [0.15, 0.2) is 24.4 Å². The molecule has 0 aromatic carbocycles. The molecule has 20 heavy (non-hydrogen) atoms. The third kappa shape index (κ3) is 1.76. The van der Waals surface area contributed by atoms with Crippen LogP contribution in [0.5, 0.6) is 0 Å². The summed E-state index contributed by atoms with van der Waals surface area (Å²) in [6.07, 6.45) is 3.28. The van der Waals surface area contributed by atoms with Gasteiger partial charge in [-0.15, -0.1) is 0 Å². The summed E-state index contributed by atoms with van der Waals surface area (Å²) in [5.74, 6) is 0.313. The number of carbonyl (C=O) groups excluding carboxylic acids is 2. The molecule has 2 aromatic heterocycles. The second-order valence-corrected chi connectivity index (χ2v) is 5.46. The molecule has 0 spiro atoms. The van der Waals surface area contributed by atoms with E-state index in [0.717, 1.165) is 11.9 Å². The van der Waals surface area contributed by atoms with Crippen LogP contribution in [0.1, 0.15) is 23.8 Å². The molecule has 1 unspecified atom stereocenters. The van der Waals surface area contributed by atoms with Crippen molar-refractivity contribution in [3.8, 4) is 0 Å². The summed E-state index contributed by atoms with van der Waals surface area (Å²) < 4.78 is 1.75. The van der Waals surface area contributed by atoms with Crippen LogP contribution < -0.4 is 10.6 Å². The topological polar surface area (TPSA) is 80.7 Å². The third-order valence-electron chi connectivity index (χ3n) is 4.03. The molecular formula is C14H16N4O2. The summed E-state index contributed by atoms with van der Waals surface area (Å²) in [6, 6.07) is 5.57. The van der Waals surface area contributed by atoms with Crippen LogP contribution in [-0.4, -0.2) is 34.7 Å². The van der Waals surface area contributed by atoms with Crippen molar-refractivity contribution in [3.63, 3.8) is 0 Å². The zero-order chi connectivity index (χ0) is 14.3. The molecule has 0 radical (unpaired) electrons. The summed E-state index contributed by atoms with van der Waals surface area (Å²) in [5.41, 5.74) is 6.13. The Balaban J connectivity index is 2.03. The van der Waals surface area contributed by atoms with Crippen LogP contribution in [0.3, 0.4) is 0 Å². The number of nitrogens with zero attached hydrogens (tertiary/aromatic N) is 3. The molecule has 1 amide bonds. The first-order chi connectivity index (χ1) is 9.55. The zero-order valence-electron chi connectivity index (χ0n) is 11.2. The highest BCUT2D eigenvalue weighted by molar-refractivity contribution is 5.85. The zero-order valence-corrected chi connectivity index (χ0v) is 11.2. The van der Waals surface area contributed by atoms with Crippen molar-refractivity contribution >= 4 is 23.7 Å². The number of fused-ring (bicyclic) bond motifs is 1. The summed E-state index contributed by atoms with van der Waals surface area (Å²) >= 11 is 0. The Morgan fingerprint density at radius 2 is 2.30 bits per heavy atom. The molecule has 2 aromatic rings. The van der Waals surface area contributed by atoms with Gasteiger partial charge in [-0.05, 0) is 25.5 Å². The molecule has 1 atom stereocenters. The first kappa shape index (κ1) is 12.7. The van der Waals surface area contributed by atoms with Crippen molar-refractivity contribution in [2.45, 2.75) is 13.3 Å². The maximum absolute atomic E-state index is 11.5. The summed E-state index contributed by atoms with van der Waals surface area (Å²) in [7, 11) is 0. The summed E-state index contributed by atoms with van der Waals surface area (Å²) in [4.78, 5) is 29.4. The number of carbonyl (C=O) groups is 2. The molecule has 0 bridgehead atoms. The van der Waals surface area contributed by atoms with E-state index in [1.807, 2.05) is 30.0 Å². The van der Waals surface area contributed by atoms with Crippen LogP contribution in [-0.2, 0) is 4.79 Å². The van der Waals surface area contributed by atoms with Gasteiger partial charge in [0.2, 0.25) is 5.91 Å². The third-order valence-corrected chi connectivity index (χ3v) is 4.03. The molecule has 3 heterocycles. The van der Waals surface area contributed by atoms with Gasteiger partial charge in [0.15, 0.2) is 12.1 Å². The van der Waals surface area contributed by atoms with E-state index >= 15 is 0 Å². The van der Waals surface area contributed by atoms with Crippen molar-refractivity contribution in [1.82, 2.24) is 9.38 Å². The predicted molar refractivity (Wildman–Crippen MR) is 74.7 cm³/mol. The lowest BCUT2D eigenvalue weighted by molar-refractivity contribution is -0.125. The highest BCUT2D eigenvalue weighted by atomic mass is 16.1. The maximum Gasteiger partial charge on any atom is 0.225 e. The Morgan fingerprint density at radius 3 is 2.95 bits per heavy atom. The first-order valence-electron chi connectivity index (χ1n) is 6.52. The number of aromatic nitrogens is 2. The number of anilines is 1. The normalized spacial score (nSPS) is 22.4. The van der Waals surface area contributed by atoms with Crippen LogP contribution in [0.25, 0.3) is 5.65 Å². The number of pyridine rings is 1. The summed E-state index contributed by atoms with van der Waals surface area (Å²) in [6.45, 7) is 3.02. The molecule has 6 heteroatoms. The van der Waals surface area contributed by atoms with Crippen molar-refractivity contribution in [3.05, 3.63) is 30.1 Å². The highest BCUT2D eigenvalue weighted by Gasteiger charge is 2.40. The molecule has 1 aliphatic rings. The molecule has 6 nitrogen and oxygen atoms in total. The second-order valence-electron chi connectivity index (χ2n) is 5.46. The van der Waals surface area contributed by atoms with Crippen LogP contribution in [0.2, 0.25) is 0 Å².